The molecule has 2 aromatic rings. The molecule has 0 N–H and O–H groups in total. The van der Waals surface area contributed by atoms with Crippen LogP contribution in [0.25, 0.3) is 0 Å². The molecule has 16 nitrogen and oxygen atoms in total. The molecule has 0 saturated carbocycles. The largest absolute Gasteiger partial charge is 0.497 e. The third-order valence-corrected chi connectivity index (χ3v) is 28.1. The molecule has 4 aliphatic heterocycles. The Balaban J connectivity index is 1.29. The minimum absolute atomic E-state index is 0.0336. The van der Waals surface area contributed by atoms with E-state index in [0.717, 1.165) is 12.1 Å². The summed E-state index contributed by atoms with van der Waals surface area (Å²) >= 11 is 0. The van der Waals surface area contributed by atoms with Crippen molar-refractivity contribution in [3.05, 3.63) is 47.5 Å². The number of carbonyl (C=O) groups excluding carboxylic acids is 4. The van der Waals surface area contributed by atoms with Crippen LogP contribution >= 0.6 is 0 Å². The van der Waals surface area contributed by atoms with Crippen molar-refractivity contribution in [2.45, 2.75) is 172 Å². The highest BCUT2D eigenvalue weighted by Gasteiger charge is 2.57. The molecule has 4 heterocycles. The summed E-state index contributed by atoms with van der Waals surface area (Å²) < 4.78 is 51.5. The van der Waals surface area contributed by atoms with Crippen LogP contribution in [-0.2, 0) is 37.4 Å². The highest BCUT2D eigenvalue weighted by atomic mass is 28.4. The average molecular weight is 1090 g/mol. The Morgan fingerprint density at radius 1 is 0.534 bits per heavy atom. The maximum atomic E-state index is 15.2. The van der Waals surface area contributed by atoms with Crippen LogP contribution in [0.5, 0.6) is 11.5 Å². The Labute approximate surface area is 440 Å². The van der Waals surface area contributed by atoms with E-state index < -0.39 is 69.3 Å². The minimum atomic E-state index is -2.48. The monoisotopic (exact) mass is 1080 g/mol. The predicted octanol–water partition coefficient (Wildman–Crippen LogP) is 9.31. The summed E-state index contributed by atoms with van der Waals surface area (Å²) in [6, 6.07) is 10.2. The number of methoxy groups -OCH3 is 2. The molecule has 0 aliphatic carbocycles. The number of carbonyl (C=O) groups is 4. The van der Waals surface area contributed by atoms with Crippen LogP contribution in [0, 0.1) is 0 Å². The lowest BCUT2D eigenvalue weighted by molar-refractivity contribution is -0.129. The fourth-order valence-electron chi connectivity index (χ4n) is 9.06. The second-order valence-electron chi connectivity index (χ2n) is 25.7. The number of benzene rings is 2. The Morgan fingerprint density at radius 2 is 0.890 bits per heavy atom. The average Bonchev–Trinajstić information content (AvgIpc) is 3.78. The van der Waals surface area contributed by atoms with Crippen LogP contribution in [0.3, 0.4) is 0 Å². The fraction of sp³-hybridized carbons (Fsp3) is 0.698. The van der Waals surface area contributed by atoms with E-state index in [0.29, 0.717) is 53.6 Å². The summed E-state index contributed by atoms with van der Waals surface area (Å²) in [5.74, 6) is -0.250. The number of nitrogens with zero attached hydrogens (tertiary/aromatic N) is 4. The molecule has 4 amide bonds. The number of anilines is 2. The van der Waals surface area contributed by atoms with Crippen LogP contribution in [0.1, 0.15) is 68.7 Å². The zero-order valence-electron chi connectivity index (χ0n) is 47.4. The first-order valence-corrected chi connectivity index (χ1v) is 39.4. The summed E-state index contributed by atoms with van der Waals surface area (Å²) in [4.78, 5) is 66.3. The molecule has 4 aliphatic rings. The second-order valence-corrected chi connectivity index (χ2v) is 46.4. The first-order chi connectivity index (χ1) is 33.8. The molecule has 0 bridgehead atoms. The van der Waals surface area contributed by atoms with Crippen LogP contribution in [0.2, 0.25) is 87.6 Å². The molecule has 20 heteroatoms. The van der Waals surface area contributed by atoms with E-state index >= 15 is 9.59 Å². The molecule has 4 unspecified atom stereocenters. The zero-order valence-corrected chi connectivity index (χ0v) is 51.4. The van der Waals surface area contributed by atoms with Gasteiger partial charge in [0.15, 0.2) is 16.6 Å². The lowest BCUT2D eigenvalue weighted by atomic mass is 10.1. The molecule has 0 radical (unpaired) electrons. The number of fused-ring (bicyclic) bond motifs is 4. The Morgan fingerprint density at radius 3 is 1.21 bits per heavy atom. The van der Waals surface area contributed by atoms with Crippen molar-refractivity contribution in [3.63, 3.8) is 0 Å². The van der Waals surface area contributed by atoms with Gasteiger partial charge in [0.05, 0.1) is 48.9 Å². The molecule has 408 valence electrons. The van der Waals surface area contributed by atoms with Gasteiger partial charge in [0.2, 0.25) is 0 Å². The van der Waals surface area contributed by atoms with Gasteiger partial charge in [0, 0.05) is 55.7 Å². The standard InChI is InChI=1S/C53H88N4O12Si4/c1-52(2,3)72(15,16)68-42-32-54-44(50(60)56(34-64-26-28-70(9,10)11)40-22-20-36(62-7)30-38(40)48(54)58)46(42)66-24-19-25-67-47-43(69-73(17,18)53(4,5)6)33-55-45(47)51(61)57(35-65-27-29-71(12,13)14)41-23-21-37(63-8)31-39(41)49(55)59/h20-23,30-31,42-47H,19,24-29,32-35H2,1-18H3/t42-,43-,44?,45?,46?,47?/m1/s1. The van der Waals surface area contributed by atoms with E-state index in [1.807, 2.05) is 0 Å². The number of hydrogen-bond acceptors (Lipinski definition) is 12. The lowest BCUT2D eigenvalue weighted by Crippen LogP contribution is -2.53. The number of hydrogen-bond donors (Lipinski definition) is 0. The maximum absolute atomic E-state index is 15.2. The maximum Gasteiger partial charge on any atom is 0.256 e. The smallest absolute Gasteiger partial charge is 0.256 e. The van der Waals surface area contributed by atoms with Crippen molar-refractivity contribution in [3.8, 4) is 11.5 Å². The van der Waals surface area contributed by atoms with Crippen LogP contribution in [0.4, 0.5) is 11.4 Å². The van der Waals surface area contributed by atoms with E-state index in [4.69, 9.17) is 37.3 Å². The first-order valence-electron chi connectivity index (χ1n) is 26.2. The summed E-state index contributed by atoms with van der Waals surface area (Å²) in [6.45, 7) is 36.7. The molecular formula is C53H88N4O12Si4. The molecule has 6 atom stereocenters. The Hall–Kier alpha value is -3.45. The number of ether oxygens (including phenoxy) is 6. The van der Waals surface area contributed by atoms with Crippen molar-refractivity contribution in [1.82, 2.24) is 9.80 Å². The SMILES string of the molecule is COc1ccc2c(c1)C(=O)N1C[C@@H](O[Si](C)(C)C(C)(C)C)C(OCCCOC3C4C(=O)N(COCC[Si](C)(C)C)c5ccc(OC)cc5C(=O)N4C[C@H]3O[Si](C)(C)C(C)(C)C)C1C(=O)N2COCC[Si](C)(C)C. The Bertz CT molecular complexity index is 2150. The van der Waals surface area contributed by atoms with Gasteiger partial charge in [-0.05, 0) is 91.2 Å². The molecule has 0 aromatic heterocycles. The molecule has 2 saturated heterocycles. The van der Waals surface area contributed by atoms with Gasteiger partial charge < -0.3 is 47.1 Å². The van der Waals surface area contributed by atoms with Crippen LogP contribution < -0.4 is 19.3 Å². The molecule has 2 fully saturated rings. The highest BCUT2D eigenvalue weighted by molar-refractivity contribution is 6.76. The van der Waals surface area contributed by atoms with E-state index in [9.17, 15) is 9.59 Å². The van der Waals surface area contributed by atoms with Gasteiger partial charge in [0.25, 0.3) is 23.6 Å². The van der Waals surface area contributed by atoms with Crippen molar-refractivity contribution < 1.29 is 56.5 Å². The molecule has 73 heavy (non-hydrogen) atoms. The third-order valence-electron chi connectivity index (χ3n) is 15.6. The van der Waals surface area contributed by atoms with Gasteiger partial charge in [-0.3, -0.25) is 29.0 Å². The summed E-state index contributed by atoms with van der Waals surface area (Å²) in [5, 5.41) is -0.346. The van der Waals surface area contributed by atoms with Gasteiger partial charge in [0.1, 0.15) is 49.3 Å². The van der Waals surface area contributed by atoms with Gasteiger partial charge in [-0.2, -0.15) is 0 Å². The summed E-state index contributed by atoms with van der Waals surface area (Å²) in [6.07, 6.45) is -2.51. The van der Waals surface area contributed by atoms with E-state index in [1.54, 1.807) is 70.2 Å². The Kier molecular flexibility index (Phi) is 18.2. The van der Waals surface area contributed by atoms with Crippen molar-refractivity contribution in [1.29, 1.82) is 0 Å². The van der Waals surface area contributed by atoms with E-state index in [1.165, 1.54) is 0 Å². The van der Waals surface area contributed by atoms with Gasteiger partial charge >= 0.3 is 0 Å². The molecule has 0 spiro atoms. The third kappa shape index (κ3) is 13.4. The van der Waals surface area contributed by atoms with Gasteiger partial charge in [-0.15, -0.1) is 0 Å². The molecule has 2 aromatic carbocycles. The van der Waals surface area contributed by atoms with Crippen molar-refractivity contribution in [2.24, 2.45) is 0 Å². The number of amides is 4. The summed E-state index contributed by atoms with van der Waals surface area (Å²) in [7, 11) is -4.76. The second kappa shape index (κ2) is 22.6. The fourth-order valence-corrected chi connectivity index (χ4v) is 13.2. The normalized spacial score (nSPS) is 23.1. The van der Waals surface area contributed by atoms with Gasteiger partial charge in [-0.1, -0.05) is 80.8 Å². The number of rotatable bonds is 22. The lowest BCUT2D eigenvalue weighted by Gasteiger charge is -2.40. The minimum Gasteiger partial charge on any atom is -0.497 e. The van der Waals surface area contributed by atoms with E-state index in [-0.39, 0.29) is 73.5 Å². The topological polar surface area (TPSA) is 155 Å². The van der Waals surface area contributed by atoms with Crippen LogP contribution in [0.15, 0.2) is 36.4 Å². The zero-order chi connectivity index (χ0) is 54.2. The first kappa shape index (κ1) is 58.8. The van der Waals surface area contributed by atoms with Gasteiger partial charge in [-0.25, -0.2) is 0 Å². The highest BCUT2D eigenvalue weighted by Crippen LogP contribution is 2.44. The van der Waals surface area contributed by atoms with E-state index in [2.05, 4.69) is 107 Å². The quantitative estimate of drug-likeness (QED) is 0.0815. The van der Waals surface area contributed by atoms with Crippen LogP contribution in [-0.4, -0.2) is 170 Å². The van der Waals surface area contributed by atoms with Crippen molar-refractivity contribution >= 4 is 67.8 Å². The molecular weight excluding hydrogens is 997 g/mol. The molecule has 6 rings (SSSR count). The predicted molar refractivity (Wildman–Crippen MR) is 297 cm³/mol. The van der Waals surface area contributed by atoms with Crippen molar-refractivity contribution in [2.75, 3.05) is 77.0 Å². The summed E-state index contributed by atoms with van der Waals surface area (Å²) in [5.41, 5.74) is 1.60.